The molecule has 38 heavy (non-hydrogen) atoms. The Morgan fingerprint density at radius 1 is 1.26 bits per heavy atom. The van der Waals surface area contributed by atoms with Crippen LogP contribution in [0.2, 0.25) is 0 Å². The van der Waals surface area contributed by atoms with Gasteiger partial charge < -0.3 is 0 Å². The Labute approximate surface area is 229 Å². The zero-order chi connectivity index (χ0) is 26.9. The Balaban J connectivity index is 1.38. The molecule has 192 valence electrons. The van der Waals surface area contributed by atoms with E-state index < -0.39 is 4.92 Å². The summed E-state index contributed by atoms with van der Waals surface area (Å²) >= 11 is 2.69. The van der Waals surface area contributed by atoms with Crippen molar-refractivity contribution in [3.05, 3.63) is 80.2 Å². The highest BCUT2D eigenvalue weighted by Crippen LogP contribution is 2.45. The Morgan fingerprint density at radius 2 is 2.05 bits per heavy atom. The van der Waals surface area contributed by atoms with Crippen LogP contribution in [0.3, 0.4) is 0 Å². The molecule has 0 aliphatic heterocycles. The van der Waals surface area contributed by atoms with Gasteiger partial charge in [0.1, 0.15) is 11.1 Å². The van der Waals surface area contributed by atoms with Crippen LogP contribution < -0.4 is 0 Å². The minimum Gasteiger partial charge on any atom is -0.258 e. The predicted molar refractivity (Wildman–Crippen MR) is 150 cm³/mol. The van der Waals surface area contributed by atoms with Crippen LogP contribution in [0, 0.1) is 32.8 Å². The van der Waals surface area contributed by atoms with Crippen molar-refractivity contribution in [2.45, 2.75) is 50.1 Å². The molecule has 0 saturated heterocycles. The van der Waals surface area contributed by atoms with E-state index >= 15 is 0 Å². The Bertz CT molecular complexity index is 1560. The Hall–Kier alpha value is -3.81. The molecular formula is C28H26N6O2S2. The van der Waals surface area contributed by atoms with Crippen molar-refractivity contribution in [2.75, 3.05) is 0 Å². The van der Waals surface area contributed by atoms with E-state index in [0.717, 1.165) is 42.2 Å². The van der Waals surface area contributed by atoms with E-state index in [1.54, 1.807) is 29.7 Å². The number of aliphatic imine (C=N–C) groups is 1. The summed E-state index contributed by atoms with van der Waals surface area (Å²) in [7, 11) is 0. The molecule has 1 atom stereocenters. The van der Waals surface area contributed by atoms with Gasteiger partial charge in [0.05, 0.1) is 15.4 Å². The fraction of sp³-hybridized carbons (Fsp3) is 0.286. The number of nitro benzene ring substituents is 1. The maximum absolute atomic E-state index is 11.9. The summed E-state index contributed by atoms with van der Waals surface area (Å²) in [5.74, 6) is 1.16. The third kappa shape index (κ3) is 5.39. The first-order chi connectivity index (χ1) is 18.2. The van der Waals surface area contributed by atoms with Crippen LogP contribution in [0.5, 0.6) is 0 Å². The third-order valence-corrected chi connectivity index (χ3v) is 8.90. The Kier molecular flexibility index (Phi) is 7.15. The number of nitrogens with one attached hydrogen (secondary N) is 1. The molecule has 1 unspecified atom stereocenters. The molecule has 0 amide bonds. The van der Waals surface area contributed by atoms with Crippen molar-refractivity contribution in [2.24, 2.45) is 16.3 Å². The number of aromatic amines is 1. The molecule has 0 bridgehead atoms. The van der Waals surface area contributed by atoms with Gasteiger partial charge in [0, 0.05) is 22.7 Å². The zero-order valence-electron chi connectivity index (χ0n) is 21.3. The minimum absolute atomic E-state index is 0.0518. The van der Waals surface area contributed by atoms with Gasteiger partial charge in [-0.1, -0.05) is 57.2 Å². The van der Waals surface area contributed by atoms with Crippen molar-refractivity contribution in [3.8, 4) is 17.5 Å². The summed E-state index contributed by atoms with van der Waals surface area (Å²) in [6.45, 7) is 6.79. The molecule has 1 aliphatic carbocycles. The van der Waals surface area contributed by atoms with Gasteiger partial charge in [-0.25, -0.2) is 9.98 Å². The van der Waals surface area contributed by atoms with Gasteiger partial charge in [-0.3, -0.25) is 15.2 Å². The highest BCUT2D eigenvalue weighted by Gasteiger charge is 2.32. The Morgan fingerprint density at radius 3 is 2.76 bits per heavy atom. The first kappa shape index (κ1) is 25.8. The number of fused-ring (bicyclic) bond motifs is 1. The standard InChI is InChI=1S/C28H26N6O2S2/c1-28(2,3)19-10-11-20-21(15-29)26(37-24(20)14-19)30-16-17-9-12-23(22(13-17)34(35)36)38-27-31-25(32-33-27)18-7-5-4-6-8-18/h4-9,12-13,16,19H,10-11,14H2,1-3H3,(H,31,32,33). The molecule has 2 aromatic carbocycles. The number of hydrogen-bond donors (Lipinski definition) is 1. The van der Waals surface area contributed by atoms with Gasteiger partial charge in [-0.2, -0.15) is 5.26 Å². The van der Waals surface area contributed by atoms with Crippen molar-refractivity contribution in [1.82, 2.24) is 15.2 Å². The first-order valence-corrected chi connectivity index (χ1v) is 13.9. The summed E-state index contributed by atoms with van der Waals surface area (Å²) in [6, 6.07) is 16.8. The van der Waals surface area contributed by atoms with Gasteiger partial charge in [0.15, 0.2) is 5.82 Å². The minimum atomic E-state index is -0.415. The van der Waals surface area contributed by atoms with Crippen LogP contribution in [0.4, 0.5) is 10.7 Å². The average Bonchev–Trinajstić information content (AvgIpc) is 3.51. The summed E-state index contributed by atoms with van der Waals surface area (Å²) in [5.41, 5.74) is 3.38. The lowest BCUT2D eigenvalue weighted by molar-refractivity contribution is -0.387. The molecule has 0 saturated carbocycles. The lowest BCUT2D eigenvalue weighted by Gasteiger charge is -2.33. The summed E-state index contributed by atoms with van der Waals surface area (Å²) in [6.07, 6.45) is 4.50. The predicted octanol–water partition coefficient (Wildman–Crippen LogP) is 7.37. The van der Waals surface area contributed by atoms with E-state index in [9.17, 15) is 15.4 Å². The van der Waals surface area contributed by atoms with Crippen LogP contribution in [0.1, 0.15) is 48.8 Å². The van der Waals surface area contributed by atoms with Gasteiger partial charge in [-0.05, 0) is 59.6 Å². The van der Waals surface area contributed by atoms with Gasteiger partial charge >= 0.3 is 0 Å². The molecule has 1 aliphatic rings. The molecule has 1 N–H and O–H groups in total. The van der Waals surface area contributed by atoms with E-state index in [2.05, 4.69) is 47.0 Å². The highest BCUT2D eigenvalue weighted by molar-refractivity contribution is 7.99. The molecular weight excluding hydrogens is 516 g/mol. The molecule has 4 aromatic rings. The van der Waals surface area contributed by atoms with E-state index in [1.807, 2.05) is 30.3 Å². The largest absolute Gasteiger partial charge is 0.283 e. The number of thiophene rings is 1. The quantitative estimate of drug-likeness (QED) is 0.154. The average molecular weight is 543 g/mol. The van der Waals surface area contributed by atoms with Crippen LogP contribution in [0.25, 0.3) is 11.4 Å². The van der Waals surface area contributed by atoms with Gasteiger partial charge in [0.2, 0.25) is 5.16 Å². The molecule has 8 nitrogen and oxygen atoms in total. The van der Waals surface area contributed by atoms with Crippen molar-refractivity contribution in [1.29, 1.82) is 5.26 Å². The molecule has 0 radical (unpaired) electrons. The van der Waals surface area contributed by atoms with Crippen LogP contribution in [-0.2, 0) is 12.8 Å². The number of aromatic nitrogens is 3. The van der Waals surface area contributed by atoms with Crippen molar-refractivity contribution < 1.29 is 4.92 Å². The van der Waals surface area contributed by atoms with E-state index in [0.29, 0.717) is 37.9 Å². The maximum Gasteiger partial charge on any atom is 0.283 e. The molecule has 0 spiro atoms. The number of benzene rings is 2. The SMILES string of the molecule is CC(C)(C)C1CCc2c(sc(N=Cc3ccc(Sc4n[nH]c(-c5ccccc5)n4)c([N+](=O)[O-])c3)c2C#N)C1. The number of hydrogen-bond acceptors (Lipinski definition) is 8. The summed E-state index contributed by atoms with van der Waals surface area (Å²) in [5, 5.41) is 29.9. The van der Waals surface area contributed by atoms with E-state index in [-0.39, 0.29) is 11.1 Å². The number of nitro groups is 1. The molecule has 0 fully saturated rings. The van der Waals surface area contributed by atoms with Crippen LogP contribution >= 0.6 is 23.1 Å². The molecule has 2 aromatic heterocycles. The second-order valence-electron chi connectivity index (χ2n) is 10.3. The van der Waals surface area contributed by atoms with Crippen LogP contribution in [0.15, 0.2) is 63.6 Å². The second kappa shape index (κ2) is 10.5. The van der Waals surface area contributed by atoms with E-state index in [1.165, 1.54) is 10.9 Å². The normalized spacial score (nSPS) is 15.4. The lowest BCUT2D eigenvalue weighted by Crippen LogP contribution is -2.26. The highest BCUT2D eigenvalue weighted by atomic mass is 32.2. The summed E-state index contributed by atoms with van der Waals surface area (Å²) < 4.78 is 0. The maximum atomic E-state index is 11.9. The molecule has 5 rings (SSSR count). The lowest BCUT2D eigenvalue weighted by atomic mass is 9.72. The zero-order valence-corrected chi connectivity index (χ0v) is 22.9. The smallest absolute Gasteiger partial charge is 0.258 e. The van der Waals surface area contributed by atoms with E-state index in [4.69, 9.17) is 0 Å². The number of nitrogens with zero attached hydrogens (tertiary/aromatic N) is 5. The van der Waals surface area contributed by atoms with Crippen molar-refractivity contribution in [3.63, 3.8) is 0 Å². The molecule has 10 heteroatoms. The number of H-pyrrole nitrogens is 1. The summed E-state index contributed by atoms with van der Waals surface area (Å²) in [4.78, 5) is 22.2. The topological polar surface area (TPSA) is 121 Å². The fourth-order valence-corrected chi connectivity index (χ4v) is 6.63. The monoisotopic (exact) mass is 542 g/mol. The van der Waals surface area contributed by atoms with Gasteiger partial charge in [-0.15, -0.1) is 16.4 Å². The second-order valence-corrected chi connectivity index (χ2v) is 12.4. The van der Waals surface area contributed by atoms with Crippen molar-refractivity contribution >= 4 is 40.0 Å². The fourth-order valence-electron chi connectivity index (χ4n) is 4.61. The van der Waals surface area contributed by atoms with Crippen LogP contribution in [-0.4, -0.2) is 26.3 Å². The first-order valence-electron chi connectivity index (χ1n) is 12.3. The number of nitriles is 1. The molecule has 2 heterocycles. The third-order valence-electron chi connectivity index (χ3n) is 6.81. The van der Waals surface area contributed by atoms with Gasteiger partial charge in [0.25, 0.3) is 5.69 Å². The number of rotatable bonds is 6.